The molecule has 7 heteroatoms. The molecule has 2 heterocycles. The van der Waals surface area contributed by atoms with Crippen LogP contribution in [0.15, 0.2) is 12.4 Å². The molecule has 7 nitrogen and oxygen atoms in total. The maximum atomic E-state index is 12.4. The monoisotopic (exact) mass is 334 g/mol. The molecule has 0 spiro atoms. The topological polar surface area (TPSA) is 76.6 Å². The zero-order valence-electron chi connectivity index (χ0n) is 14.4. The quantitative estimate of drug-likeness (QED) is 0.795. The van der Waals surface area contributed by atoms with Crippen molar-refractivity contribution >= 4 is 5.91 Å². The Bertz CT molecular complexity index is 545. The van der Waals surface area contributed by atoms with Crippen LogP contribution in [-0.2, 0) is 9.47 Å². The number of carbonyl (C=O) groups is 1. The Labute approximate surface area is 142 Å². The lowest BCUT2D eigenvalue weighted by Crippen LogP contribution is -2.51. The molecule has 1 aliphatic carbocycles. The number of aromatic nitrogens is 2. The van der Waals surface area contributed by atoms with Gasteiger partial charge < -0.3 is 19.7 Å². The number of likely N-dealkylation sites (N-methyl/N-ethyl adjacent to an activating group) is 1. The fourth-order valence-electron chi connectivity index (χ4n) is 2.70. The van der Waals surface area contributed by atoms with E-state index in [-0.39, 0.29) is 18.1 Å². The van der Waals surface area contributed by atoms with E-state index in [0.717, 1.165) is 31.6 Å². The number of amides is 1. The maximum Gasteiger partial charge on any atom is 0.254 e. The van der Waals surface area contributed by atoms with Crippen molar-refractivity contribution in [3.05, 3.63) is 23.8 Å². The first-order valence-corrected chi connectivity index (χ1v) is 8.60. The van der Waals surface area contributed by atoms with E-state index in [1.54, 1.807) is 12.4 Å². The molecule has 1 N–H and O–H groups in total. The van der Waals surface area contributed by atoms with E-state index in [1.807, 2.05) is 14.1 Å². The molecule has 1 aromatic heterocycles. The molecule has 1 saturated carbocycles. The van der Waals surface area contributed by atoms with Crippen LogP contribution in [0.5, 0.6) is 0 Å². The Morgan fingerprint density at radius 1 is 1.33 bits per heavy atom. The van der Waals surface area contributed by atoms with Crippen molar-refractivity contribution in [2.45, 2.75) is 37.3 Å². The van der Waals surface area contributed by atoms with E-state index in [9.17, 15) is 4.79 Å². The van der Waals surface area contributed by atoms with Gasteiger partial charge in [0.2, 0.25) is 0 Å². The van der Waals surface area contributed by atoms with E-state index < -0.39 is 0 Å². The second-order valence-electron chi connectivity index (χ2n) is 6.76. The zero-order valence-corrected chi connectivity index (χ0v) is 14.4. The van der Waals surface area contributed by atoms with Crippen LogP contribution in [0.2, 0.25) is 0 Å². The maximum absolute atomic E-state index is 12.4. The average molecular weight is 334 g/mol. The van der Waals surface area contributed by atoms with Crippen LogP contribution in [-0.4, -0.2) is 73.4 Å². The summed E-state index contributed by atoms with van der Waals surface area (Å²) in [6.45, 7) is 2.63. The number of hydrogen-bond donors (Lipinski definition) is 1. The van der Waals surface area contributed by atoms with Gasteiger partial charge in [-0.25, -0.2) is 9.97 Å². The van der Waals surface area contributed by atoms with Gasteiger partial charge in [-0.2, -0.15) is 0 Å². The van der Waals surface area contributed by atoms with Crippen LogP contribution in [0.25, 0.3) is 0 Å². The number of carbonyl (C=O) groups excluding carboxylic acids is 1. The van der Waals surface area contributed by atoms with Gasteiger partial charge in [-0.3, -0.25) is 4.79 Å². The third kappa shape index (κ3) is 4.72. The number of ether oxygens (including phenoxy) is 2. The Kier molecular flexibility index (Phi) is 5.76. The first-order valence-electron chi connectivity index (χ1n) is 8.60. The molecule has 0 aromatic carbocycles. The lowest BCUT2D eigenvalue weighted by molar-refractivity contribution is -0.0561. The number of hydrogen-bond acceptors (Lipinski definition) is 6. The van der Waals surface area contributed by atoms with Crippen molar-refractivity contribution in [2.24, 2.45) is 0 Å². The summed E-state index contributed by atoms with van der Waals surface area (Å²) in [6.07, 6.45) is 6.29. The summed E-state index contributed by atoms with van der Waals surface area (Å²) in [7, 11) is 4.02. The number of nitrogens with zero attached hydrogens (tertiary/aromatic N) is 3. The van der Waals surface area contributed by atoms with Crippen molar-refractivity contribution in [1.29, 1.82) is 0 Å². The molecule has 24 heavy (non-hydrogen) atoms. The third-order valence-electron chi connectivity index (χ3n) is 4.36. The largest absolute Gasteiger partial charge is 0.379 e. The van der Waals surface area contributed by atoms with Crippen LogP contribution < -0.4 is 5.32 Å². The average Bonchev–Trinajstić information content (AvgIpc) is 3.41. The molecule has 132 valence electrons. The molecule has 1 aromatic rings. The number of rotatable bonds is 7. The summed E-state index contributed by atoms with van der Waals surface area (Å²) < 4.78 is 11.4. The Balaban J connectivity index is 1.54. The predicted octanol–water partition coefficient (Wildman–Crippen LogP) is 0.820. The highest BCUT2D eigenvalue weighted by Gasteiger charge is 2.29. The van der Waals surface area contributed by atoms with E-state index in [2.05, 4.69) is 20.2 Å². The van der Waals surface area contributed by atoms with Crippen molar-refractivity contribution in [3.8, 4) is 0 Å². The third-order valence-corrected chi connectivity index (χ3v) is 4.36. The molecule has 0 bridgehead atoms. The van der Waals surface area contributed by atoms with Crippen LogP contribution in [0.4, 0.5) is 0 Å². The van der Waals surface area contributed by atoms with Crippen LogP contribution in [0, 0.1) is 0 Å². The van der Waals surface area contributed by atoms with Crippen LogP contribution in [0.1, 0.15) is 41.4 Å². The summed E-state index contributed by atoms with van der Waals surface area (Å²) in [4.78, 5) is 23.1. The van der Waals surface area contributed by atoms with Gasteiger partial charge in [0, 0.05) is 31.5 Å². The fraction of sp³-hybridized carbons (Fsp3) is 0.706. The van der Waals surface area contributed by atoms with Gasteiger partial charge in [0.1, 0.15) is 5.82 Å². The molecule has 1 amide bonds. The lowest BCUT2D eigenvalue weighted by atomic mass is 10.1. The van der Waals surface area contributed by atoms with E-state index >= 15 is 0 Å². The minimum Gasteiger partial charge on any atom is -0.379 e. The lowest BCUT2D eigenvalue weighted by Gasteiger charge is -2.32. The van der Waals surface area contributed by atoms with Crippen LogP contribution >= 0.6 is 0 Å². The van der Waals surface area contributed by atoms with Crippen molar-refractivity contribution < 1.29 is 14.3 Å². The normalized spacial score (nSPS) is 24.1. The summed E-state index contributed by atoms with van der Waals surface area (Å²) in [5, 5.41) is 3.01. The first-order chi connectivity index (χ1) is 11.6. The highest BCUT2D eigenvalue weighted by atomic mass is 16.5. The van der Waals surface area contributed by atoms with Gasteiger partial charge in [0.15, 0.2) is 0 Å². The standard InChI is InChI=1S/C17H26N4O3/c1-21(2)6-8-24-15-5-7-23-11-14(15)20-17(22)13-9-18-16(19-10-13)12-3-4-12/h9-10,12,14-15H,3-8,11H2,1-2H3,(H,20,22)/t14-,15+/m1/s1. The molecule has 0 unspecified atom stereocenters. The van der Waals surface area contributed by atoms with E-state index in [0.29, 0.717) is 31.3 Å². The molecule has 0 radical (unpaired) electrons. The smallest absolute Gasteiger partial charge is 0.254 e. The number of nitrogens with one attached hydrogen (secondary N) is 1. The summed E-state index contributed by atoms with van der Waals surface area (Å²) >= 11 is 0. The minimum absolute atomic E-state index is 0.0192. The molecular formula is C17H26N4O3. The summed E-state index contributed by atoms with van der Waals surface area (Å²) in [5.74, 6) is 1.16. The Morgan fingerprint density at radius 3 is 2.75 bits per heavy atom. The highest BCUT2D eigenvalue weighted by molar-refractivity contribution is 5.93. The van der Waals surface area contributed by atoms with E-state index in [4.69, 9.17) is 9.47 Å². The fourth-order valence-corrected chi connectivity index (χ4v) is 2.70. The molecule has 1 saturated heterocycles. The Morgan fingerprint density at radius 2 is 2.08 bits per heavy atom. The van der Waals surface area contributed by atoms with E-state index in [1.165, 1.54) is 0 Å². The van der Waals surface area contributed by atoms with Crippen LogP contribution in [0.3, 0.4) is 0 Å². The van der Waals surface area contributed by atoms with Crippen molar-refractivity contribution in [2.75, 3.05) is 40.5 Å². The molecule has 2 atom stereocenters. The molecular weight excluding hydrogens is 308 g/mol. The second kappa shape index (κ2) is 8.00. The predicted molar refractivity (Wildman–Crippen MR) is 89.0 cm³/mol. The molecule has 3 rings (SSSR count). The molecule has 2 fully saturated rings. The van der Waals surface area contributed by atoms with Gasteiger partial charge in [-0.1, -0.05) is 0 Å². The van der Waals surface area contributed by atoms with Gasteiger partial charge in [-0.15, -0.1) is 0 Å². The van der Waals surface area contributed by atoms with Gasteiger partial charge in [-0.05, 0) is 33.4 Å². The summed E-state index contributed by atoms with van der Waals surface area (Å²) in [6, 6.07) is -0.142. The Hall–Kier alpha value is -1.57. The minimum atomic E-state index is -0.172. The van der Waals surface area contributed by atoms with Gasteiger partial charge >= 0.3 is 0 Å². The van der Waals surface area contributed by atoms with Crippen molar-refractivity contribution in [3.63, 3.8) is 0 Å². The molecule has 2 aliphatic rings. The summed E-state index contributed by atoms with van der Waals surface area (Å²) in [5.41, 5.74) is 0.483. The highest BCUT2D eigenvalue weighted by Crippen LogP contribution is 2.37. The first kappa shape index (κ1) is 17.3. The SMILES string of the molecule is CN(C)CCO[C@H]1CCOC[C@H]1NC(=O)c1cnc(C2CC2)nc1. The van der Waals surface area contributed by atoms with Gasteiger partial charge in [0.05, 0.1) is 30.9 Å². The molecule has 1 aliphatic heterocycles. The van der Waals surface area contributed by atoms with Crippen molar-refractivity contribution in [1.82, 2.24) is 20.2 Å². The van der Waals surface area contributed by atoms with Gasteiger partial charge in [0.25, 0.3) is 5.91 Å². The zero-order chi connectivity index (χ0) is 16.9. The second-order valence-corrected chi connectivity index (χ2v) is 6.76.